The molecule has 0 aromatic carbocycles. The van der Waals surface area contributed by atoms with Gasteiger partial charge in [-0.05, 0) is 6.42 Å². The number of hydrogen-bond acceptors (Lipinski definition) is 4. The van der Waals surface area contributed by atoms with E-state index in [-0.39, 0.29) is 24.9 Å². The third-order valence-electron chi connectivity index (χ3n) is 4.02. The van der Waals surface area contributed by atoms with Gasteiger partial charge < -0.3 is 24.9 Å². The Balaban J connectivity index is 2.02. The third-order valence-corrected chi connectivity index (χ3v) is 4.02. The van der Waals surface area contributed by atoms with Crippen LogP contribution in [0.2, 0.25) is 0 Å². The fourth-order valence-corrected chi connectivity index (χ4v) is 2.86. The van der Waals surface area contributed by atoms with Crippen LogP contribution in [0.25, 0.3) is 0 Å². The van der Waals surface area contributed by atoms with Gasteiger partial charge in [0.15, 0.2) is 0 Å². The van der Waals surface area contributed by atoms with Crippen LogP contribution in [0, 0.1) is 0 Å². The molecule has 3 amide bonds. The number of β-amino-alcohol motifs (C(OH)–C–C–N with tert-alkyl or cyclic N) is 1. The summed E-state index contributed by atoms with van der Waals surface area (Å²) in [6, 6.07) is -1.34. The second kappa shape index (κ2) is 6.30. The van der Waals surface area contributed by atoms with Gasteiger partial charge in [-0.1, -0.05) is 0 Å². The first-order valence-corrected chi connectivity index (χ1v) is 7.12. The molecule has 0 bridgehead atoms. The first kappa shape index (κ1) is 15.6. The molecular weight excluding hydrogens is 278 g/mol. The molecule has 2 heterocycles. The van der Waals surface area contributed by atoms with Crippen molar-refractivity contribution in [2.75, 3.05) is 32.7 Å². The van der Waals surface area contributed by atoms with Crippen LogP contribution in [-0.2, 0) is 9.59 Å². The number of rotatable bonds is 1. The van der Waals surface area contributed by atoms with Crippen molar-refractivity contribution in [3.8, 4) is 0 Å². The Morgan fingerprint density at radius 1 is 1.05 bits per heavy atom. The van der Waals surface area contributed by atoms with Gasteiger partial charge in [-0.2, -0.15) is 0 Å². The monoisotopic (exact) mass is 299 g/mol. The zero-order valence-electron chi connectivity index (χ0n) is 12.1. The molecule has 118 valence electrons. The highest BCUT2D eigenvalue weighted by Crippen LogP contribution is 2.20. The van der Waals surface area contributed by atoms with Gasteiger partial charge in [-0.25, -0.2) is 9.59 Å². The van der Waals surface area contributed by atoms with Crippen LogP contribution in [0.15, 0.2) is 0 Å². The minimum absolute atomic E-state index is 0.0238. The number of likely N-dealkylation sites (tertiary alicyclic amines) is 1. The van der Waals surface area contributed by atoms with Gasteiger partial charge >= 0.3 is 12.0 Å². The highest BCUT2D eigenvalue weighted by atomic mass is 16.4. The van der Waals surface area contributed by atoms with E-state index in [9.17, 15) is 19.5 Å². The zero-order valence-corrected chi connectivity index (χ0v) is 12.1. The first-order chi connectivity index (χ1) is 9.90. The van der Waals surface area contributed by atoms with Crippen molar-refractivity contribution < 1.29 is 24.6 Å². The number of carboxylic acids is 1. The van der Waals surface area contributed by atoms with E-state index in [0.29, 0.717) is 32.6 Å². The average molecular weight is 299 g/mol. The number of carbonyl (C=O) groups is 3. The van der Waals surface area contributed by atoms with E-state index in [0.717, 1.165) is 0 Å². The SMILES string of the molecule is CC(=O)N1CCCN(C(=O)N2CC(O)CC2C(=O)O)CC1. The predicted octanol–water partition coefficient (Wildman–Crippen LogP) is -0.820. The molecule has 2 rings (SSSR count). The van der Waals surface area contributed by atoms with E-state index >= 15 is 0 Å². The quantitative estimate of drug-likeness (QED) is 0.659. The molecule has 8 heteroatoms. The number of carbonyl (C=O) groups excluding carboxylic acids is 2. The summed E-state index contributed by atoms with van der Waals surface area (Å²) in [5, 5.41) is 18.8. The van der Waals surface area contributed by atoms with Crippen LogP contribution in [-0.4, -0.2) is 87.7 Å². The summed E-state index contributed by atoms with van der Waals surface area (Å²) < 4.78 is 0. The van der Waals surface area contributed by atoms with Crippen molar-refractivity contribution in [3.63, 3.8) is 0 Å². The Bertz CT molecular complexity index is 442. The molecule has 0 aromatic heterocycles. The van der Waals surface area contributed by atoms with E-state index in [1.807, 2.05) is 0 Å². The van der Waals surface area contributed by atoms with Crippen molar-refractivity contribution in [2.24, 2.45) is 0 Å². The third kappa shape index (κ3) is 3.44. The summed E-state index contributed by atoms with van der Waals surface area (Å²) in [5.41, 5.74) is 0. The number of aliphatic hydroxyl groups is 1. The molecule has 21 heavy (non-hydrogen) atoms. The summed E-state index contributed by atoms with van der Waals surface area (Å²) in [6.45, 7) is 3.47. The molecule has 2 N–H and O–H groups in total. The van der Waals surface area contributed by atoms with E-state index in [1.165, 1.54) is 11.8 Å². The molecule has 0 aliphatic carbocycles. The molecule has 0 radical (unpaired) electrons. The zero-order chi connectivity index (χ0) is 15.6. The van der Waals surface area contributed by atoms with Crippen molar-refractivity contribution >= 4 is 17.9 Å². The number of amides is 3. The van der Waals surface area contributed by atoms with Crippen LogP contribution in [0.3, 0.4) is 0 Å². The van der Waals surface area contributed by atoms with Crippen LogP contribution in [0.5, 0.6) is 0 Å². The first-order valence-electron chi connectivity index (χ1n) is 7.12. The second-order valence-corrected chi connectivity index (χ2v) is 5.53. The predicted molar refractivity (Wildman–Crippen MR) is 72.6 cm³/mol. The van der Waals surface area contributed by atoms with E-state index in [4.69, 9.17) is 5.11 Å². The van der Waals surface area contributed by atoms with Crippen molar-refractivity contribution in [2.45, 2.75) is 31.9 Å². The molecule has 2 fully saturated rings. The Morgan fingerprint density at radius 2 is 1.67 bits per heavy atom. The molecule has 0 spiro atoms. The second-order valence-electron chi connectivity index (χ2n) is 5.53. The molecular formula is C13H21N3O5. The van der Waals surface area contributed by atoms with Gasteiger partial charge in [0.1, 0.15) is 6.04 Å². The maximum atomic E-state index is 12.5. The maximum absolute atomic E-state index is 12.5. The van der Waals surface area contributed by atoms with Gasteiger partial charge in [0.2, 0.25) is 5.91 Å². The van der Waals surface area contributed by atoms with Crippen LogP contribution in [0.1, 0.15) is 19.8 Å². The fourth-order valence-electron chi connectivity index (χ4n) is 2.86. The van der Waals surface area contributed by atoms with Crippen LogP contribution < -0.4 is 0 Å². The van der Waals surface area contributed by atoms with E-state index in [2.05, 4.69) is 0 Å². The van der Waals surface area contributed by atoms with Crippen LogP contribution >= 0.6 is 0 Å². The Hall–Kier alpha value is -1.83. The molecule has 2 aliphatic heterocycles. The molecule has 0 aromatic rings. The average Bonchev–Trinajstić information content (AvgIpc) is 2.66. The lowest BCUT2D eigenvalue weighted by Gasteiger charge is -2.29. The van der Waals surface area contributed by atoms with Gasteiger partial charge in [0, 0.05) is 46.1 Å². The van der Waals surface area contributed by atoms with E-state index in [1.54, 1.807) is 9.80 Å². The molecule has 2 atom stereocenters. The smallest absolute Gasteiger partial charge is 0.326 e. The lowest BCUT2D eigenvalue weighted by atomic mass is 10.2. The standard InChI is InChI=1S/C13H21N3O5/c1-9(17)14-3-2-4-15(6-5-14)13(21)16-8-10(18)7-11(16)12(19)20/h10-11,18H,2-8H2,1H3,(H,19,20). The molecule has 2 saturated heterocycles. The highest BCUT2D eigenvalue weighted by molar-refractivity contribution is 5.83. The molecule has 0 saturated carbocycles. The number of aliphatic carboxylic acids is 1. The Morgan fingerprint density at radius 3 is 2.29 bits per heavy atom. The van der Waals surface area contributed by atoms with Crippen molar-refractivity contribution in [3.05, 3.63) is 0 Å². The minimum Gasteiger partial charge on any atom is -0.480 e. The van der Waals surface area contributed by atoms with Crippen molar-refractivity contribution in [1.29, 1.82) is 0 Å². The molecule has 2 aliphatic rings. The molecule has 2 unspecified atom stereocenters. The number of hydrogen-bond donors (Lipinski definition) is 2. The summed E-state index contributed by atoms with van der Waals surface area (Å²) in [4.78, 5) is 39.5. The van der Waals surface area contributed by atoms with Crippen molar-refractivity contribution in [1.82, 2.24) is 14.7 Å². The summed E-state index contributed by atoms with van der Waals surface area (Å²) >= 11 is 0. The number of nitrogens with zero attached hydrogens (tertiary/aromatic N) is 3. The number of aliphatic hydroxyl groups excluding tert-OH is 1. The maximum Gasteiger partial charge on any atom is 0.326 e. The summed E-state index contributed by atoms with van der Waals surface area (Å²) in [7, 11) is 0. The Labute approximate surface area is 122 Å². The lowest BCUT2D eigenvalue weighted by molar-refractivity contribution is -0.141. The summed E-state index contributed by atoms with van der Waals surface area (Å²) in [6.07, 6.45) is -0.0655. The van der Waals surface area contributed by atoms with Crippen LogP contribution in [0.4, 0.5) is 4.79 Å². The summed E-state index contributed by atoms with van der Waals surface area (Å²) in [5.74, 6) is -1.12. The normalized spacial score (nSPS) is 26.7. The lowest BCUT2D eigenvalue weighted by Crippen LogP contribution is -2.49. The Kier molecular flexibility index (Phi) is 4.66. The van der Waals surface area contributed by atoms with Gasteiger partial charge in [-0.15, -0.1) is 0 Å². The van der Waals surface area contributed by atoms with E-state index < -0.39 is 18.1 Å². The minimum atomic E-state index is -1.10. The molecule has 8 nitrogen and oxygen atoms in total. The number of urea groups is 1. The number of carboxylic acid groups (broad SMARTS) is 1. The topological polar surface area (TPSA) is 101 Å². The van der Waals surface area contributed by atoms with Gasteiger partial charge in [-0.3, -0.25) is 4.79 Å². The largest absolute Gasteiger partial charge is 0.480 e. The fraction of sp³-hybridized carbons (Fsp3) is 0.769. The highest BCUT2D eigenvalue weighted by Gasteiger charge is 2.40. The van der Waals surface area contributed by atoms with Gasteiger partial charge in [0.25, 0.3) is 0 Å². The van der Waals surface area contributed by atoms with Gasteiger partial charge in [0.05, 0.1) is 6.10 Å².